The summed E-state index contributed by atoms with van der Waals surface area (Å²) in [6, 6.07) is 7.35. The molecule has 8 nitrogen and oxygen atoms in total. The molecule has 0 radical (unpaired) electrons. The van der Waals surface area contributed by atoms with Crippen LogP contribution in [0.15, 0.2) is 24.3 Å². The molecule has 1 aliphatic rings. The van der Waals surface area contributed by atoms with E-state index in [0.717, 1.165) is 6.42 Å². The van der Waals surface area contributed by atoms with Gasteiger partial charge in [0.05, 0.1) is 17.9 Å². The number of hydrogen-bond donors (Lipinski definition) is 1. The first-order chi connectivity index (χ1) is 13.9. The summed E-state index contributed by atoms with van der Waals surface area (Å²) in [5.74, 6) is -0.112. The van der Waals surface area contributed by atoms with E-state index in [1.54, 1.807) is 24.0 Å². The van der Waals surface area contributed by atoms with Gasteiger partial charge < -0.3 is 10.2 Å². The van der Waals surface area contributed by atoms with Crippen molar-refractivity contribution in [3.05, 3.63) is 40.7 Å². The van der Waals surface area contributed by atoms with Gasteiger partial charge in [-0.2, -0.15) is 9.90 Å². The average Bonchev–Trinajstić information content (AvgIpc) is 3.09. The van der Waals surface area contributed by atoms with Crippen LogP contribution in [0, 0.1) is 6.92 Å². The van der Waals surface area contributed by atoms with Gasteiger partial charge in [-0.05, 0) is 38.5 Å². The summed E-state index contributed by atoms with van der Waals surface area (Å²) in [4.78, 5) is 30.3. The van der Waals surface area contributed by atoms with E-state index in [-0.39, 0.29) is 17.9 Å². The van der Waals surface area contributed by atoms with Gasteiger partial charge in [-0.15, -0.1) is 5.10 Å². The third kappa shape index (κ3) is 5.33. The second kappa shape index (κ2) is 9.37. The summed E-state index contributed by atoms with van der Waals surface area (Å²) in [5, 5.41) is 12.3. The van der Waals surface area contributed by atoms with E-state index in [1.165, 1.54) is 4.80 Å². The molecule has 1 saturated heterocycles. The number of piperazine rings is 1. The van der Waals surface area contributed by atoms with Gasteiger partial charge >= 0.3 is 0 Å². The molecular formula is C20H27ClN6O2. The molecular weight excluding hydrogens is 392 g/mol. The maximum Gasteiger partial charge on any atom is 0.276 e. The van der Waals surface area contributed by atoms with Gasteiger partial charge in [-0.1, -0.05) is 24.6 Å². The Morgan fingerprint density at radius 3 is 2.59 bits per heavy atom. The first-order valence-electron chi connectivity index (χ1n) is 9.88. The van der Waals surface area contributed by atoms with Gasteiger partial charge in [0.25, 0.3) is 5.91 Å². The summed E-state index contributed by atoms with van der Waals surface area (Å²) >= 11 is 6.03. The summed E-state index contributed by atoms with van der Waals surface area (Å²) in [5.41, 5.74) is 1.62. The number of halogens is 1. The Labute approximate surface area is 175 Å². The molecule has 0 saturated carbocycles. The van der Waals surface area contributed by atoms with E-state index in [1.807, 2.05) is 26.0 Å². The smallest absolute Gasteiger partial charge is 0.276 e. The summed E-state index contributed by atoms with van der Waals surface area (Å²) in [6.45, 7) is 8.58. The van der Waals surface area contributed by atoms with Crippen LogP contribution >= 0.6 is 11.6 Å². The molecule has 1 unspecified atom stereocenters. The Morgan fingerprint density at radius 2 is 1.93 bits per heavy atom. The van der Waals surface area contributed by atoms with Gasteiger partial charge in [-0.3, -0.25) is 14.5 Å². The molecule has 1 aromatic heterocycles. The highest BCUT2D eigenvalue weighted by atomic mass is 35.5. The van der Waals surface area contributed by atoms with E-state index in [9.17, 15) is 9.59 Å². The first kappa shape index (κ1) is 21.3. The Morgan fingerprint density at radius 1 is 1.21 bits per heavy atom. The van der Waals surface area contributed by atoms with Crippen molar-refractivity contribution in [2.24, 2.45) is 0 Å². The van der Waals surface area contributed by atoms with Crippen molar-refractivity contribution in [3.63, 3.8) is 0 Å². The first-order valence-corrected chi connectivity index (χ1v) is 10.3. The number of nitrogens with zero attached hydrogens (tertiary/aromatic N) is 5. The number of hydrogen-bond acceptors (Lipinski definition) is 5. The zero-order valence-corrected chi connectivity index (χ0v) is 17.8. The van der Waals surface area contributed by atoms with Crippen molar-refractivity contribution in [1.29, 1.82) is 0 Å². The molecule has 2 amide bonds. The van der Waals surface area contributed by atoms with Gasteiger partial charge in [0.1, 0.15) is 0 Å². The minimum atomic E-state index is -0.139. The molecule has 9 heteroatoms. The third-order valence-electron chi connectivity index (χ3n) is 5.07. The van der Waals surface area contributed by atoms with E-state index in [2.05, 4.69) is 20.4 Å². The van der Waals surface area contributed by atoms with Crippen LogP contribution in [-0.4, -0.2) is 75.4 Å². The Kier molecular flexibility index (Phi) is 6.87. The van der Waals surface area contributed by atoms with Crippen molar-refractivity contribution in [3.8, 4) is 5.69 Å². The standard InChI is InChI=1S/C20H27ClN6O2/c1-4-14(2)22-18(28)13-25-8-10-26(11-9-25)20(29)19-15(3)23-27(24-19)17-7-5-6-16(21)12-17/h5-7,12,14H,4,8-11,13H2,1-3H3,(H,22,28). The van der Waals surface area contributed by atoms with Crippen molar-refractivity contribution in [2.75, 3.05) is 32.7 Å². The maximum absolute atomic E-state index is 12.9. The highest BCUT2D eigenvalue weighted by Gasteiger charge is 2.27. The monoisotopic (exact) mass is 418 g/mol. The van der Waals surface area contributed by atoms with Gasteiger partial charge in [0.15, 0.2) is 5.69 Å². The van der Waals surface area contributed by atoms with E-state index in [4.69, 9.17) is 11.6 Å². The number of rotatable bonds is 6. The molecule has 1 fully saturated rings. The lowest BCUT2D eigenvalue weighted by Crippen LogP contribution is -2.51. The predicted molar refractivity (Wildman–Crippen MR) is 111 cm³/mol. The van der Waals surface area contributed by atoms with E-state index < -0.39 is 0 Å². The third-order valence-corrected chi connectivity index (χ3v) is 5.31. The lowest BCUT2D eigenvalue weighted by Gasteiger charge is -2.34. The number of aryl methyl sites for hydroxylation is 1. The van der Waals surface area contributed by atoms with Gasteiger partial charge in [0.2, 0.25) is 5.91 Å². The number of benzene rings is 1. The number of amides is 2. The van der Waals surface area contributed by atoms with Gasteiger partial charge in [-0.25, -0.2) is 0 Å². The fourth-order valence-electron chi connectivity index (χ4n) is 3.18. The topological polar surface area (TPSA) is 83.4 Å². The molecule has 1 atom stereocenters. The number of nitrogens with one attached hydrogen (secondary N) is 1. The molecule has 0 aliphatic carbocycles. The molecule has 2 aromatic rings. The van der Waals surface area contributed by atoms with Crippen LogP contribution in [-0.2, 0) is 4.79 Å². The Balaban J connectivity index is 1.59. The average molecular weight is 419 g/mol. The van der Waals surface area contributed by atoms with E-state index >= 15 is 0 Å². The second-order valence-electron chi connectivity index (χ2n) is 7.35. The van der Waals surface area contributed by atoms with E-state index in [0.29, 0.717) is 54.8 Å². The Hall–Kier alpha value is -2.45. The quantitative estimate of drug-likeness (QED) is 0.774. The number of aromatic nitrogens is 3. The fourth-order valence-corrected chi connectivity index (χ4v) is 3.36. The molecule has 1 N–H and O–H groups in total. The normalized spacial score (nSPS) is 15.9. The van der Waals surface area contributed by atoms with Crippen molar-refractivity contribution >= 4 is 23.4 Å². The molecule has 3 rings (SSSR count). The lowest BCUT2D eigenvalue weighted by atomic mass is 10.2. The van der Waals surface area contributed by atoms with Gasteiger partial charge in [0, 0.05) is 37.2 Å². The van der Waals surface area contributed by atoms with Crippen molar-refractivity contribution in [2.45, 2.75) is 33.2 Å². The zero-order valence-electron chi connectivity index (χ0n) is 17.1. The fraction of sp³-hybridized carbons (Fsp3) is 0.500. The van der Waals surface area contributed by atoms with Crippen LogP contribution in [0.5, 0.6) is 0 Å². The summed E-state index contributed by atoms with van der Waals surface area (Å²) in [7, 11) is 0. The molecule has 2 heterocycles. The van der Waals surface area contributed by atoms with Crippen LogP contribution in [0.25, 0.3) is 5.69 Å². The van der Waals surface area contributed by atoms with Crippen LogP contribution in [0.4, 0.5) is 0 Å². The largest absolute Gasteiger partial charge is 0.353 e. The predicted octanol–water partition coefficient (Wildman–Crippen LogP) is 1.90. The maximum atomic E-state index is 12.9. The minimum Gasteiger partial charge on any atom is -0.353 e. The van der Waals surface area contributed by atoms with Crippen molar-refractivity contribution < 1.29 is 9.59 Å². The van der Waals surface area contributed by atoms with Crippen LogP contribution in [0.1, 0.15) is 36.5 Å². The number of carbonyl (C=O) groups is 2. The molecule has 29 heavy (non-hydrogen) atoms. The van der Waals surface area contributed by atoms with Crippen molar-refractivity contribution in [1.82, 2.24) is 30.1 Å². The highest BCUT2D eigenvalue weighted by Crippen LogP contribution is 2.16. The van der Waals surface area contributed by atoms with Crippen LogP contribution in [0.3, 0.4) is 0 Å². The molecule has 0 spiro atoms. The molecule has 1 aliphatic heterocycles. The second-order valence-corrected chi connectivity index (χ2v) is 7.78. The Bertz CT molecular complexity index is 876. The molecule has 1 aromatic carbocycles. The summed E-state index contributed by atoms with van der Waals surface area (Å²) < 4.78 is 0. The van der Waals surface area contributed by atoms with Crippen LogP contribution < -0.4 is 5.32 Å². The SMILES string of the molecule is CCC(C)NC(=O)CN1CCN(C(=O)c2nn(-c3cccc(Cl)c3)nc2C)CC1. The number of carbonyl (C=O) groups excluding carboxylic acids is 2. The van der Waals surface area contributed by atoms with Crippen LogP contribution in [0.2, 0.25) is 5.02 Å². The lowest BCUT2D eigenvalue weighted by molar-refractivity contribution is -0.123. The molecule has 156 valence electrons. The zero-order chi connectivity index (χ0) is 21.0. The molecule has 0 bridgehead atoms. The highest BCUT2D eigenvalue weighted by molar-refractivity contribution is 6.30. The summed E-state index contributed by atoms with van der Waals surface area (Å²) in [6.07, 6.45) is 0.906. The minimum absolute atomic E-state index is 0.0273.